The quantitative estimate of drug-likeness (QED) is 0.812. The summed E-state index contributed by atoms with van der Waals surface area (Å²) in [5.74, 6) is -0.0856. The molecule has 1 amide bonds. The first-order valence-corrected chi connectivity index (χ1v) is 8.25. The molecule has 6 nitrogen and oxygen atoms in total. The normalized spacial score (nSPS) is 19.3. The van der Waals surface area contributed by atoms with E-state index in [1.165, 1.54) is 0 Å². The van der Waals surface area contributed by atoms with Gasteiger partial charge >= 0.3 is 0 Å². The van der Waals surface area contributed by atoms with Crippen LogP contribution in [-0.4, -0.2) is 51.0 Å². The first kappa shape index (κ1) is 22.0. The van der Waals surface area contributed by atoms with Gasteiger partial charge in [-0.25, -0.2) is 0 Å². The number of para-hydroxylation sites is 1. The SMILES string of the molecule is Cl.Cl.NC1(C(=O)NCc2ccccc2N2CCOCC2)CCOCC1. The van der Waals surface area contributed by atoms with Gasteiger partial charge in [0.25, 0.3) is 0 Å². The number of benzene rings is 1. The van der Waals surface area contributed by atoms with Crippen LogP contribution in [0.4, 0.5) is 5.69 Å². The van der Waals surface area contributed by atoms with Crippen molar-refractivity contribution in [3.8, 4) is 0 Å². The van der Waals surface area contributed by atoms with Crippen molar-refractivity contribution >= 4 is 36.4 Å². The van der Waals surface area contributed by atoms with Gasteiger partial charge in [0.1, 0.15) is 0 Å². The molecule has 0 atom stereocenters. The second-order valence-corrected chi connectivity index (χ2v) is 6.18. The molecule has 0 aromatic heterocycles. The fourth-order valence-corrected chi connectivity index (χ4v) is 3.09. The van der Waals surface area contributed by atoms with E-state index >= 15 is 0 Å². The number of carbonyl (C=O) groups is 1. The van der Waals surface area contributed by atoms with E-state index in [1.54, 1.807) is 0 Å². The monoisotopic (exact) mass is 391 g/mol. The lowest BCUT2D eigenvalue weighted by molar-refractivity contribution is -0.129. The fraction of sp³-hybridized carbons (Fsp3) is 0.588. The molecule has 142 valence electrons. The minimum Gasteiger partial charge on any atom is -0.381 e. The summed E-state index contributed by atoms with van der Waals surface area (Å²) in [5.41, 5.74) is 7.70. The summed E-state index contributed by atoms with van der Waals surface area (Å²) in [4.78, 5) is 14.8. The molecule has 0 radical (unpaired) electrons. The molecule has 2 aliphatic rings. The van der Waals surface area contributed by atoms with Gasteiger partial charge in [-0.1, -0.05) is 18.2 Å². The molecule has 2 saturated heterocycles. The Kier molecular flexibility index (Phi) is 8.96. The highest BCUT2D eigenvalue weighted by Gasteiger charge is 2.35. The van der Waals surface area contributed by atoms with Crippen LogP contribution in [0, 0.1) is 0 Å². The Labute approximate surface area is 161 Å². The lowest BCUT2D eigenvalue weighted by atomic mass is 9.90. The summed E-state index contributed by atoms with van der Waals surface area (Å²) < 4.78 is 10.7. The van der Waals surface area contributed by atoms with Gasteiger partial charge in [-0.15, -0.1) is 24.8 Å². The summed E-state index contributed by atoms with van der Waals surface area (Å²) in [6, 6.07) is 8.18. The zero-order chi connectivity index (χ0) is 16.1. The number of amides is 1. The summed E-state index contributed by atoms with van der Waals surface area (Å²) in [6.45, 7) is 4.83. The molecule has 2 aliphatic heterocycles. The van der Waals surface area contributed by atoms with Crippen molar-refractivity contribution in [3.05, 3.63) is 29.8 Å². The molecule has 0 saturated carbocycles. The summed E-state index contributed by atoms with van der Waals surface area (Å²) in [5, 5.41) is 3.01. The topological polar surface area (TPSA) is 76.8 Å². The Morgan fingerprint density at radius 1 is 1.08 bits per heavy atom. The van der Waals surface area contributed by atoms with Crippen LogP contribution in [0.5, 0.6) is 0 Å². The van der Waals surface area contributed by atoms with Crippen LogP contribution < -0.4 is 16.0 Å². The number of morpholine rings is 1. The number of ether oxygens (including phenoxy) is 2. The summed E-state index contributed by atoms with van der Waals surface area (Å²) in [7, 11) is 0. The molecule has 0 unspecified atom stereocenters. The lowest BCUT2D eigenvalue weighted by Crippen LogP contribution is -2.56. The molecule has 0 spiro atoms. The molecular formula is C17H27Cl2N3O3. The largest absolute Gasteiger partial charge is 0.381 e. The molecule has 1 aromatic carbocycles. The Hall–Kier alpha value is -1.05. The molecule has 3 N–H and O–H groups in total. The highest BCUT2D eigenvalue weighted by Crippen LogP contribution is 2.22. The predicted octanol–water partition coefficient (Wildman–Crippen LogP) is 1.49. The number of hydrogen-bond acceptors (Lipinski definition) is 5. The average molecular weight is 392 g/mol. The Balaban J connectivity index is 0.00000156. The third-order valence-electron chi connectivity index (χ3n) is 4.62. The minimum absolute atomic E-state index is 0. The van der Waals surface area contributed by atoms with E-state index in [0.717, 1.165) is 37.6 Å². The van der Waals surface area contributed by atoms with Crippen LogP contribution >= 0.6 is 24.8 Å². The van der Waals surface area contributed by atoms with Crippen molar-refractivity contribution in [1.29, 1.82) is 0 Å². The summed E-state index contributed by atoms with van der Waals surface area (Å²) >= 11 is 0. The van der Waals surface area contributed by atoms with Crippen LogP contribution in [0.2, 0.25) is 0 Å². The van der Waals surface area contributed by atoms with E-state index in [0.29, 0.717) is 32.6 Å². The van der Waals surface area contributed by atoms with Crippen LogP contribution in [-0.2, 0) is 20.8 Å². The summed E-state index contributed by atoms with van der Waals surface area (Å²) in [6.07, 6.45) is 1.15. The second-order valence-electron chi connectivity index (χ2n) is 6.18. The molecule has 3 rings (SSSR count). The number of carbonyl (C=O) groups excluding carboxylic acids is 1. The zero-order valence-corrected chi connectivity index (χ0v) is 15.9. The number of nitrogens with two attached hydrogens (primary N) is 1. The molecule has 2 heterocycles. The van der Waals surface area contributed by atoms with E-state index in [9.17, 15) is 4.79 Å². The maximum absolute atomic E-state index is 12.5. The van der Waals surface area contributed by atoms with E-state index in [-0.39, 0.29) is 30.7 Å². The van der Waals surface area contributed by atoms with E-state index < -0.39 is 5.54 Å². The van der Waals surface area contributed by atoms with Crippen molar-refractivity contribution in [2.24, 2.45) is 5.73 Å². The van der Waals surface area contributed by atoms with Crippen molar-refractivity contribution in [2.75, 3.05) is 44.4 Å². The zero-order valence-electron chi connectivity index (χ0n) is 14.2. The maximum Gasteiger partial charge on any atom is 0.240 e. The van der Waals surface area contributed by atoms with Gasteiger partial charge in [0, 0.05) is 38.5 Å². The van der Waals surface area contributed by atoms with Crippen LogP contribution in [0.15, 0.2) is 24.3 Å². The number of anilines is 1. The molecule has 25 heavy (non-hydrogen) atoms. The molecule has 1 aromatic rings. The van der Waals surface area contributed by atoms with E-state index in [2.05, 4.69) is 22.3 Å². The van der Waals surface area contributed by atoms with Crippen LogP contribution in [0.3, 0.4) is 0 Å². The van der Waals surface area contributed by atoms with Gasteiger partial charge in [0.15, 0.2) is 0 Å². The van der Waals surface area contributed by atoms with Gasteiger partial charge in [0.05, 0.1) is 18.8 Å². The first-order chi connectivity index (χ1) is 11.2. The van der Waals surface area contributed by atoms with Crippen molar-refractivity contribution in [1.82, 2.24) is 5.32 Å². The second kappa shape index (κ2) is 10.2. The Bertz CT molecular complexity index is 548. The third-order valence-corrected chi connectivity index (χ3v) is 4.62. The molecular weight excluding hydrogens is 365 g/mol. The number of halogens is 2. The van der Waals surface area contributed by atoms with E-state index in [1.807, 2.05) is 12.1 Å². The number of nitrogens with zero attached hydrogens (tertiary/aromatic N) is 1. The molecule has 0 bridgehead atoms. The number of rotatable bonds is 4. The van der Waals surface area contributed by atoms with Crippen molar-refractivity contribution in [2.45, 2.75) is 24.9 Å². The predicted molar refractivity (Wildman–Crippen MR) is 103 cm³/mol. The van der Waals surface area contributed by atoms with Crippen molar-refractivity contribution in [3.63, 3.8) is 0 Å². The van der Waals surface area contributed by atoms with Gasteiger partial charge in [-0.2, -0.15) is 0 Å². The number of nitrogens with one attached hydrogen (secondary N) is 1. The van der Waals surface area contributed by atoms with E-state index in [4.69, 9.17) is 15.2 Å². The molecule has 2 fully saturated rings. The van der Waals surface area contributed by atoms with Gasteiger partial charge < -0.3 is 25.4 Å². The standard InChI is InChI=1S/C17H25N3O3.2ClH/c18-17(5-9-22-10-6-17)16(21)19-13-14-3-1-2-4-15(14)20-7-11-23-12-8-20;;/h1-4H,5-13,18H2,(H,19,21);2*1H. The van der Waals surface area contributed by atoms with Gasteiger partial charge in [0.2, 0.25) is 5.91 Å². The highest BCUT2D eigenvalue weighted by atomic mass is 35.5. The Morgan fingerprint density at radius 2 is 1.68 bits per heavy atom. The van der Waals surface area contributed by atoms with Gasteiger partial charge in [-0.3, -0.25) is 4.79 Å². The van der Waals surface area contributed by atoms with Gasteiger partial charge in [-0.05, 0) is 24.5 Å². The first-order valence-electron chi connectivity index (χ1n) is 8.25. The molecule has 0 aliphatic carbocycles. The maximum atomic E-state index is 12.5. The number of hydrogen-bond donors (Lipinski definition) is 2. The Morgan fingerprint density at radius 3 is 2.36 bits per heavy atom. The van der Waals surface area contributed by atoms with Crippen LogP contribution in [0.25, 0.3) is 0 Å². The third kappa shape index (κ3) is 5.46. The van der Waals surface area contributed by atoms with Crippen LogP contribution in [0.1, 0.15) is 18.4 Å². The fourth-order valence-electron chi connectivity index (χ4n) is 3.09. The average Bonchev–Trinajstić information content (AvgIpc) is 2.61. The lowest BCUT2D eigenvalue weighted by Gasteiger charge is -2.33. The minimum atomic E-state index is -0.799. The highest BCUT2D eigenvalue weighted by molar-refractivity contribution is 5.86. The smallest absolute Gasteiger partial charge is 0.240 e. The van der Waals surface area contributed by atoms with Crippen molar-refractivity contribution < 1.29 is 14.3 Å². The molecule has 8 heteroatoms.